The molecule has 0 aromatic carbocycles. The largest absolute Gasteiger partial charge is 0.259 e. The highest BCUT2D eigenvalue weighted by Gasteiger charge is 2.13. The maximum atomic E-state index is 11.8. The minimum Gasteiger partial charge on any atom is -0.259 e. The van der Waals surface area contributed by atoms with Crippen LogP contribution in [0.2, 0.25) is 0 Å². The van der Waals surface area contributed by atoms with Crippen molar-refractivity contribution in [2.24, 2.45) is 0 Å². The lowest BCUT2D eigenvalue weighted by molar-refractivity contribution is 0.562. The molecule has 0 aliphatic carbocycles. The Labute approximate surface area is 132 Å². The van der Waals surface area contributed by atoms with Crippen LogP contribution in [0.4, 0.5) is 0 Å². The van der Waals surface area contributed by atoms with Crippen molar-refractivity contribution in [1.29, 1.82) is 0 Å². The van der Waals surface area contributed by atoms with Crippen LogP contribution in [0, 0.1) is 0 Å². The van der Waals surface area contributed by atoms with E-state index in [1.54, 1.807) is 0 Å². The van der Waals surface area contributed by atoms with Gasteiger partial charge in [-0.15, -0.1) is 23.2 Å². The molecule has 0 aromatic heterocycles. The summed E-state index contributed by atoms with van der Waals surface area (Å²) >= 11 is 11.4. The van der Waals surface area contributed by atoms with Gasteiger partial charge in [-0.05, 0) is 6.42 Å². The third-order valence-electron chi connectivity index (χ3n) is 3.42. The molecule has 1 unspecified atom stereocenters. The van der Waals surface area contributed by atoms with E-state index in [-0.39, 0.29) is 5.25 Å². The summed E-state index contributed by atoms with van der Waals surface area (Å²) in [7, 11) is -0.834. The topological polar surface area (TPSA) is 17.1 Å². The van der Waals surface area contributed by atoms with Crippen LogP contribution in [0.1, 0.15) is 71.1 Å². The monoisotopic (exact) mass is 328 g/mol. The summed E-state index contributed by atoms with van der Waals surface area (Å²) in [5.41, 5.74) is 0. The lowest BCUT2D eigenvalue weighted by Gasteiger charge is -2.09. The van der Waals surface area contributed by atoms with Gasteiger partial charge in [0.15, 0.2) is 0 Å². The predicted molar refractivity (Wildman–Crippen MR) is 90.1 cm³/mol. The zero-order valence-corrected chi connectivity index (χ0v) is 14.7. The van der Waals surface area contributed by atoms with Gasteiger partial charge in [0.05, 0.1) is 5.25 Å². The van der Waals surface area contributed by atoms with Gasteiger partial charge < -0.3 is 0 Å². The molecule has 0 rings (SSSR count). The van der Waals surface area contributed by atoms with Crippen LogP contribution < -0.4 is 0 Å². The van der Waals surface area contributed by atoms with Crippen molar-refractivity contribution in [2.75, 3.05) is 17.5 Å². The molecule has 19 heavy (non-hydrogen) atoms. The first-order valence-corrected chi connectivity index (χ1v) is 10.2. The quantitative estimate of drug-likeness (QED) is 0.304. The molecular formula is C15H30Cl2OS. The van der Waals surface area contributed by atoms with Crippen LogP contribution in [-0.2, 0) is 10.8 Å². The zero-order valence-electron chi connectivity index (χ0n) is 12.3. The second-order valence-electron chi connectivity index (χ2n) is 5.20. The Kier molecular flexibility index (Phi) is 15.7. The molecule has 1 nitrogen and oxygen atoms in total. The molecule has 0 aliphatic heterocycles. The molecule has 4 heteroatoms. The molecule has 0 heterocycles. The van der Waals surface area contributed by atoms with E-state index in [0.717, 1.165) is 12.2 Å². The molecule has 0 N–H and O–H groups in total. The van der Waals surface area contributed by atoms with Gasteiger partial charge in [0.25, 0.3) is 0 Å². The Morgan fingerprint density at radius 2 is 1.21 bits per heavy atom. The van der Waals surface area contributed by atoms with E-state index >= 15 is 0 Å². The Hall–Kier alpha value is 0.730. The molecule has 0 saturated carbocycles. The Morgan fingerprint density at radius 1 is 0.789 bits per heavy atom. The molecule has 0 bridgehead atoms. The number of rotatable bonds is 14. The van der Waals surface area contributed by atoms with E-state index in [4.69, 9.17) is 23.2 Å². The van der Waals surface area contributed by atoms with Crippen LogP contribution in [0.15, 0.2) is 0 Å². The average molecular weight is 329 g/mol. The van der Waals surface area contributed by atoms with Crippen LogP contribution in [0.5, 0.6) is 0 Å². The second-order valence-corrected chi connectivity index (χ2v) is 7.65. The molecule has 0 aromatic rings. The molecule has 0 amide bonds. The van der Waals surface area contributed by atoms with Gasteiger partial charge in [-0.3, -0.25) is 4.21 Å². The highest BCUT2D eigenvalue weighted by Crippen LogP contribution is 2.11. The molecule has 0 spiro atoms. The standard InChI is InChI=1S/C15H30Cl2OS/c1-2-3-4-5-6-7-8-9-10-11-12-19(18)15(13-16)14-17/h15H,2-14H2,1H3. The highest BCUT2D eigenvalue weighted by molar-refractivity contribution is 7.85. The molecule has 1 atom stereocenters. The molecule has 0 saturated heterocycles. The fraction of sp³-hybridized carbons (Fsp3) is 1.00. The lowest BCUT2D eigenvalue weighted by atomic mass is 10.1. The van der Waals surface area contributed by atoms with Gasteiger partial charge in [0.2, 0.25) is 0 Å². The summed E-state index contributed by atoms with van der Waals surface area (Å²) in [6, 6.07) is 0. The summed E-state index contributed by atoms with van der Waals surface area (Å²) < 4.78 is 11.8. The van der Waals surface area contributed by atoms with Crippen molar-refractivity contribution in [3.8, 4) is 0 Å². The Bertz CT molecular complexity index is 208. The summed E-state index contributed by atoms with van der Waals surface area (Å²) in [6.07, 6.45) is 13.1. The van der Waals surface area contributed by atoms with Crippen molar-refractivity contribution in [1.82, 2.24) is 0 Å². The van der Waals surface area contributed by atoms with Crippen molar-refractivity contribution in [2.45, 2.75) is 76.4 Å². The second kappa shape index (κ2) is 15.1. The van der Waals surface area contributed by atoms with Crippen molar-refractivity contribution >= 4 is 34.0 Å². The first-order chi connectivity index (χ1) is 9.26. The molecule has 116 valence electrons. The SMILES string of the molecule is CCCCCCCCCCCCS(=O)C(CCl)CCl. The highest BCUT2D eigenvalue weighted by atomic mass is 35.5. The van der Waals surface area contributed by atoms with Crippen LogP contribution in [-0.4, -0.2) is 27.0 Å². The first-order valence-electron chi connectivity index (χ1n) is 7.75. The minimum atomic E-state index is -0.834. The number of halogens is 2. The maximum Gasteiger partial charge on any atom is 0.0618 e. The van der Waals surface area contributed by atoms with Crippen LogP contribution in [0.3, 0.4) is 0 Å². The molecular weight excluding hydrogens is 299 g/mol. The van der Waals surface area contributed by atoms with Crippen molar-refractivity contribution < 1.29 is 4.21 Å². The summed E-state index contributed by atoms with van der Waals surface area (Å²) in [4.78, 5) is 0. The predicted octanol–water partition coefficient (Wildman–Crippen LogP) is 5.50. The van der Waals surface area contributed by atoms with Crippen LogP contribution in [0.25, 0.3) is 0 Å². The first kappa shape index (κ1) is 19.7. The molecule has 0 radical (unpaired) electrons. The van der Waals surface area contributed by atoms with Crippen molar-refractivity contribution in [3.05, 3.63) is 0 Å². The number of alkyl halides is 2. The van der Waals surface area contributed by atoms with Gasteiger partial charge >= 0.3 is 0 Å². The number of hydrogen-bond donors (Lipinski definition) is 0. The summed E-state index contributed by atoms with van der Waals surface area (Å²) in [6.45, 7) is 2.25. The van der Waals surface area contributed by atoms with E-state index < -0.39 is 10.8 Å². The summed E-state index contributed by atoms with van der Waals surface area (Å²) in [5.74, 6) is 1.59. The average Bonchev–Trinajstić information content (AvgIpc) is 2.42. The van der Waals surface area contributed by atoms with Gasteiger partial charge in [-0.25, -0.2) is 0 Å². The van der Waals surface area contributed by atoms with E-state index in [2.05, 4.69) is 6.92 Å². The molecule has 0 aliphatic rings. The van der Waals surface area contributed by atoms with Gasteiger partial charge in [0.1, 0.15) is 0 Å². The Morgan fingerprint density at radius 3 is 1.63 bits per heavy atom. The fourth-order valence-corrected chi connectivity index (χ4v) is 4.36. The number of hydrogen-bond acceptors (Lipinski definition) is 1. The number of unbranched alkanes of at least 4 members (excludes halogenated alkanes) is 9. The fourth-order valence-electron chi connectivity index (χ4n) is 2.08. The van der Waals surface area contributed by atoms with E-state index in [1.165, 1.54) is 57.8 Å². The lowest BCUT2D eigenvalue weighted by Crippen LogP contribution is -2.21. The van der Waals surface area contributed by atoms with Crippen LogP contribution >= 0.6 is 23.2 Å². The van der Waals surface area contributed by atoms with E-state index in [0.29, 0.717) is 11.8 Å². The maximum absolute atomic E-state index is 11.8. The third kappa shape index (κ3) is 12.2. The molecule has 0 fully saturated rings. The summed E-state index contributed by atoms with van der Waals surface area (Å²) in [5, 5.41) is -0.0260. The third-order valence-corrected chi connectivity index (χ3v) is 6.29. The van der Waals surface area contributed by atoms with E-state index in [1.807, 2.05) is 0 Å². The minimum absolute atomic E-state index is 0.0260. The van der Waals surface area contributed by atoms with E-state index in [9.17, 15) is 4.21 Å². The normalized spacial score (nSPS) is 13.1. The Balaban J connectivity index is 3.24. The zero-order chi connectivity index (χ0) is 14.3. The van der Waals surface area contributed by atoms with Crippen molar-refractivity contribution in [3.63, 3.8) is 0 Å². The van der Waals surface area contributed by atoms with Gasteiger partial charge in [0, 0.05) is 28.3 Å². The van der Waals surface area contributed by atoms with Gasteiger partial charge in [-0.1, -0.05) is 64.7 Å². The van der Waals surface area contributed by atoms with Gasteiger partial charge in [-0.2, -0.15) is 0 Å². The smallest absolute Gasteiger partial charge is 0.0618 e.